The zero-order valence-corrected chi connectivity index (χ0v) is 17.1. The molecule has 1 aromatic rings. The third kappa shape index (κ3) is 5.81. The van der Waals surface area contributed by atoms with Gasteiger partial charge >= 0.3 is 0 Å². The summed E-state index contributed by atoms with van der Waals surface area (Å²) in [4.78, 5) is 2.38. The largest absolute Gasteiger partial charge is 0.508 e. The lowest BCUT2D eigenvalue weighted by atomic mass is 10.1. The fraction of sp³-hybridized carbons (Fsp3) is 0.478. The van der Waals surface area contributed by atoms with Crippen molar-refractivity contribution in [2.24, 2.45) is 0 Å². The van der Waals surface area contributed by atoms with Crippen molar-refractivity contribution in [2.75, 3.05) is 30.4 Å². The maximum Gasteiger partial charge on any atom is 0.173 e. The Kier molecular flexibility index (Phi) is 8.31. The van der Waals surface area contributed by atoms with E-state index in [4.69, 9.17) is 4.74 Å². The smallest absolute Gasteiger partial charge is 0.173 e. The maximum absolute atomic E-state index is 10.0. The summed E-state index contributed by atoms with van der Waals surface area (Å²) in [6.07, 6.45) is 12.9. The minimum absolute atomic E-state index is 0.0713. The van der Waals surface area contributed by atoms with Gasteiger partial charge in [-0.15, -0.1) is 0 Å². The molecule has 0 atom stereocenters. The van der Waals surface area contributed by atoms with Gasteiger partial charge in [0.2, 0.25) is 0 Å². The van der Waals surface area contributed by atoms with Crippen LogP contribution < -0.4 is 15.0 Å². The number of ether oxygens (including phenoxy) is 1. The number of benzene rings is 1. The number of aliphatic hydroxyl groups is 1. The van der Waals surface area contributed by atoms with Gasteiger partial charge in [-0.3, -0.25) is 0 Å². The van der Waals surface area contributed by atoms with Gasteiger partial charge in [0.15, 0.2) is 5.75 Å². The molecular formula is C23H34N2O2. The van der Waals surface area contributed by atoms with Gasteiger partial charge in [-0.25, -0.2) is 0 Å². The molecule has 0 bridgehead atoms. The van der Waals surface area contributed by atoms with E-state index in [1.54, 1.807) is 0 Å². The molecule has 0 spiro atoms. The molecule has 0 aliphatic heterocycles. The highest BCUT2D eigenvalue weighted by atomic mass is 16.5. The second kappa shape index (κ2) is 10.7. The van der Waals surface area contributed by atoms with E-state index in [2.05, 4.69) is 42.8 Å². The van der Waals surface area contributed by atoms with Gasteiger partial charge in [0.1, 0.15) is 11.5 Å². The number of aliphatic hydroxyl groups excluding tert-OH is 1. The number of hydrogen-bond acceptors (Lipinski definition) is 4. The van der Waals surface area contributed by atoms with Crippen LogP contribution in [0.2, 0.25) is 0 Å². The van der Waals surface area contributed by atoms with Gasteiger partial charge in [-0.05, 0) is 50.0 Å². The second-order valence-corrected chi connectivity index (χ2v) is 6.95. The van der Waals surface area contributed by atoms with Crippen molar-refractivity contribution in [1.29, 1.82) is 0 Å². The minimum Gasteiger partial charge on any atom is -0.508 e. The van der Waals surface area contributed by atoms with Crippen molar-refractivity contribution in [1.82, 2.24) is 0 Å². The molecule has 2 N–H and O–H groups in total. The number of allylic oxidation sites excluding steroid dienone is 3. The van der Waals surface area contributed by atoms with E-state index < -0.39 is 0 Å². The Hall–Kier alpha value is -2.36. The lowest BCUT2D eigenvalue weighted by molar-refractivity contribution is 0.439. The highest BCUT2D eigenvalue weighted by Gasteiger charge is 2.19. The first-order valence-corrected chi connectivity index (χ1v) is 10.1. The fourth-order valence-corrected chi connectivity index (χ4v) is 3.14. The lowest BCUT2D eigenvalue weighted by Crippen LogP contribution is -2.26. The molecule has 0 heterocycles. The van der Waals surface area contributed by atoms with Gasteiger partial charge < -0.3 is 20.1 Å². The quantitative estimate of drug-likeness (QED) is 0.450. The van der Waals surface area contributed by atoms with E-state index in [1.165, 1.54) is 0 Å². The molecule has 2 rings (SSSR count). The van der Waals surface area contributed by atoms with Gasteiger partial charge in [0.25, 0.3) is 0 Å². The summed E-state index contributed by atoms with van der Waals surface area (Å²) >= 11 is 0. The Balaban J connectivity index is 2.50. The average molecular weight is 371 g/mol. The first-order chi connectivity index (χ1) is 13.1. The SMILES string of the molecule is C=C(O)c1cc(NC)c(OC2=CCCC=C2)c(N(CCCC)CCCC)c1. The Morgan fingerprint density at radius 2 is 1.89 bits per heavy atom. The van der Waals surface area contributed by atoms with Crippen molar-refractivity contribution in [3.8, 4) is 5.75 Å². The standard InChI is InChI=1S/C23H34N2O2/c1-5-7-14-25(15-8-6-2)22-17-19(18(3)26)16-21(24-4)23(22)27-20-12-10-9-11-13-20/h10,12-13,16-17,24,26H,3,5-9,11,14-15H2,1-2,4H3. The molecule has 0 saturated carbocycles. The molecule has 0 radical (unpaired) electrons. The van der Waals surface area contributed by atoms with E-state index in [0.29, 0.717) is 5.56 Å². The van der Waals surface area contributed by atoms with Crippen LogP contribution in [-0.4, -0.2) is 25.2 Å². The van der Waals surface area contributed by atoms with Crippen LogP contribution in [0.5, 0.6) is 5.75 Å². The highest BCUT2D eigenvalue weighted by molar-refractivity contribution is 5.78. The van der Waals surface area contributed by atoms with Crippen LogP contribution >= 0.6 is 0 Å². The summed E-state index contributed by atoms with van der Waals surface area (Å²) in [7, 11) is 1.88. The average Bonchev–Trinajstić information content (AvgIpc) is 2.69. The zero-order chi connectivity index (χ0) is 19.6. The molecule has 0 saturated heterocycles. The lowest BCUT2D eigenvalue weighted by Gasteiger charge is -2.29. The van der Waals surface area contributed by atoms with Crippen molar-refractivity contribution in [3.63, 3.8) is 0 Å². The molecule has 1 aliphatic carbocycles. The summed E-state index contributed by atoms with van der Waals surface area (Å²) < 4.78 is 6.34. The molecule has 0 unspecified atom stereocenters. The predicted octanol–water partition coefficient (Wildman–Crippen LogP) is 6.28. The van der Waals surface area contributed by atoms with Crippen LogP contribution in [0.3, 0.4) is 0 Å². The number of hydrogen-bond donors (Lipinski definition) is 2. The summed E-state index contributed by atoms with van der Waals surface area (Å²) in [5.74, 6) is 1.76. The van der Waals surface area contributed by atoms with Crippen LogP contribution in [0.15, 0.2) is 42.7 Å². The third-order valence-corrected chi connectivity index (χ3v) is 4.76. The van der Waals surface area contributed by atoms with E-state index in [1.807, 2.05) is 25.3 Å². The maximum atomic E-state index is 10.0. The number of nitrogens with one attached hydrogen (secondary N) is 1. The molecule has 0 fully saturated rings. The van der Waals surface area contributed by atoms with Crippen LogP contribution in [0.4, 0.5) is 11.4 Å². The molecule has 4 heteroatoms. The van der Waals surface area contributed by atoms with Gasteiger partial charge in [-0.2, -0.15) is 0 Å². The number of rotatable bonds is 11. The molecule has 1 aromatic carbocycles. The molecule has 0 amide bonds. The second-order valence-electron chi connectivity index (χ2n) is 6.95. The van der Waals surface area contributed by atoms with E-state index in [9.17, 15) is 5.11 Å². The molecule has 0 aromatic heterocycles. The van der Waals surface area contributed by atoms with Gasteiger partial charge in [0.05, 0.1) is 11.4 Å². The van der Waals surface area contributed by atoms with Gasteiger partial charge in [-0.1, -0.05) is 39.3 Å². The minimum atomic E-state index is 0.0713. The molecular weight excluding hydrogens is 336 g/mol. The van der Waals surface area contributed by atoms with Crippen LogP contribution in [0.25, 0.3) is 5.76 Å². The number of anilines is 2. The first-order valence-electron chi connectivity index (χ1n) is 10.1. The van der Waals surface area contributed by atoms with Crippen molar-refractivity contribution in [2.45, 2.75) is 52.4 Å². The third-order valence-electron chi connectivity index (χ3n) is 4.76. The van der Waals surface area contributed by atoms with Crippen LogP contribution in [0.1, 0.15) is 57.9 Å². The predicted molar refractivity (Wildman–Crippen MR) is 117 cm³/mol. The Morgan fingerprint density at radius 1 is 1.19 bits per heavy atom. The van der Waals surface area contributed by atoms with Gasteiger partial charge in [0, 0.05) is 25.7 Å². The van der Waals surface area contributed by atoms with Crippen LogP contribution in [-0.2, 0) is 0 Å². The van der Waals surface area contributed by atoms with E-state index in [-0.39, 0.29) is 5.76 Å². The number of unbranched alkanes of at least 4 members (excludes halogenated alkanes) is 2. The summed E-state index contributed by atoms with van der Waals surface area (Å²) in [5, 5.41) is 13.2. The summed E-state index contributed by atoms with van der Waals surface area (Å²) in [6, 6.07) is 3.89. The monoisotopic (exact) mass is 370 g/mol. The molecule has 1 aliphatic rings. The fourth-order valence-electron chi connectivity index (χ4n) is 3.14. The van der Waals surface area contributed by atoms with Crippen molar-refractivity contribution >= 4 is 17.1 Å². The highest BCUT2D eigenvalue weighted by Crippen LogP contribution is 2.40. The number of nitrogens with zero attached hydrogens (tertiary/aromatic N) is 1. The van der Waals surface area contributed by atoms with Crippen LogP contribution in [0, 0.1) is 0 Å². The molecule has 4 nitrogen and oxygen atoms in total. The summed E-state index contributed by atoms with van der Waals surface area (Å²) in [6.45, 7) is 10.1. The zero-order valence-electron chi connectivity index (χ0n) is 17.1. The molecule has 148 valence electrons. The van der Waals surface area contributed by atoms with E-state index >= 15 is 0 Å². The Bertz CT molecular complexity index is 684. The first kappa shape index (κ1) is 20.9. The Morgan fingerprint density at radius 3 is 2.41 bits per heavy atom. The van der Waals surface area contributed by atoms with Crippen molar-refractivity contribution in [3.05, 3.63) is 48.3 Å². The topological polar surface area (TPSA) is 44.7 Å². The normalized spacial score (nSPS) is 13.2. The Labute approximate surface area is 164 Å². The summed E-state index contributed by atoms with van der Waals surface area (Å²) in [5.41, 5.74) is 2.58. The van der Waals surface area contributed by atoms with E-state index in [0.717, 1.165) is 74.5 Å². The van der Waals surface area contributed by atoms with Crippen molar-refractivity contribution < 1.29 is 9.84 Å². The molecule has 27 heavy (non-hydrogen) atoms.